The molecule has 2 aromatic rings. The van der Waals surface area contributed by atoms with Crippen molar-refractivity contribution >= 4 is 15.5 Å². The van der Waals surface area contributed by atoms with E-state index in [4.69, 9.17) is 0 Å². The Balaban J connectivity index is 1.33. The van der Waals surface area contributed by atoms with E-state index < -0.39 is 9.84 Å². The number of anilines is 1. The van der Waals surface area contributed by atoms with Gasteiger partial charge in [0.1, 0.15) is 0 Å². The summed E-state index contributed by atoms with van der Waals surface area (Å²) < 4.78 is 23.2. The average molecular weight is 429 g/mol. The van der Waals surface area contributed by atoms with Crippen molar-refractivity contribution in [3.63, 3.8) is 0 Å². The summed E-state index contributed by atoms with van der Waals surface area (Å²) in [6, 6.07) is 16.2. The highest BCUT2D eigenvalue weighted by molar-refractivity contribution is 7.90. The van der Waals surface area contributed by atoms with Crippen LogP contribution in [0.3, 0.4) is 0 Å². The van der Waals surface area contributed by atoms with Gasteiger partial charge in [0.25, 0.3) is 0 Å². The van der Waals surface area contributed by atoms with E-state index in [0.29, 0.717) is 16.7 Å². The van der Waals surface area contributed by atoms with Crippen molar-refractivity contribution in [2.45, 2.75) is 50.3 Å². The summed E-state index contributed by atoms with van der Waals surface area (Å²) in [5.41, 5.74) is 3.84. The first-order valence-corrected chi connectivity index (χ1v) is 13.1. The van der Waals surface area contributed by atoms with Crippen molar-refractivity contribution in [3.8, 4) is 0 Å². The van der Waals surface area contributed by atoms with E-state index in [9.17, 15) is 8.42 Å². The third-order valence-electron chi connectivity index (χ3n) is 6.14. The monoisotopic (exact) mass is 428 g/mol. The molecule has 164 valence electrons. The molecule has 5 heteroatoms. The van der Waals surface area contributed by atoms with Gasteiger partial charge in [0.2, 0.25) is 0 Å². The van der Waals surface area contributed by atoms with Gasteiger partial charge in [-0.3, -0.25) is 0 Å². The topological polar surface area (TPSA) is 49.4 Å². The molecule has 1 fully saturated rings. The summed E-state index contributed by atoms with van der Waals surface area (Å²) in [7, 11) is -3.11. The first-order valence-electron chi connectivity index (χ1n) is 11.2. The van der Waals surface area contributed by atoms with Gasteiger partial charge >= 0.3 is 0 Å². The Labute approximate surface area is 182 Å². The number of nitrogens with zero attached hydrogens (tertiary/aromatic N) is 1. The quantitative estimate of drug-likeness (QED) is 0.573. The third-order valence-corrected chi connectivity index (χ3v) is 7.27. The minimum Gasteiger partial charge on any atom is -0.385 e. The predicted molar refractivity (Wildman–Crippen MR) is 126 cm³/mol. The summed E-state index contributed by atoms with van der Waals surface area (Å²) in [4.78, 5) is 2.98. The summed E-state index contributed by atoms with van der Waals surface area (Å²) in [5.74, 6) is 1.27. The summed E-state index contributed by atoms with van der Waals surface area (Å²) in [6.07, 6.45) is 5.90. The minimum absolute atomic E-state index is 0.408. The molecule has 0 unspecified atom stereocenters. The summed E-state index contributed by atoms with van der Waals surface area (Å²) >= 11 is 0. The number of piperidine rings is 1. The van der Waals surface area contributed by atoms with Crippen LogP contribution >= 0.6 is 0 Å². The van der Waals surface area contributed by atoms with Gasteiger partial charge in [-0.25, -0.2) is 8.42 Å². The number of hydrogen-bond acceptors (Lipinski definition) is 4. The molecular weight excluding hydrogens is 392 g/mol. The fourth-order valence-electron chi connectivity index (χ4n) is 4.14. The van der Waals surface area contributed by atoms with Gasteiger partial charge in [0, 0.05) is 18.5 Å². The van der Waals surface area contributed by atoms with Crippen molar-refractivity contribution in [2.75, 3.05) is 37.8 Å². The van der Waals surface area contributed by atoms with Crippen molar-refractivity contribution in [1.29, 1.82) is 0 Å². The van der Waals surface area contributed by atoms with Crippen LogP contribution in [-0.4, -0.2) is 45.8 Å². The molecule has 0 saturated carbocycles. The molecule has 1 N–H and O–H groups in total. The van der Waals surface area contributed by atoms with Crippen LogP contribution in [0.5, 0.6) is 0 Å². The molecule has 4 nitrogen and oxygen atoms in total. The van der Waals surface area contributed by atoms with Gasteiger partial charge in [0.15, 0.2) is 9.84 Å². The van der Waals surface area contributed by atoms with E-state index >= 15 is 0 Å². The van der Waals surface area contributed by atoms with E-state index in [1.54, 1.807) is 12.1 Å². The van der Waals surface area contributed by atoms with Crippen LogP contribution in [0.1, 0.15) is 50.2 Å². The number of sulfone groups is 1. The number of hydrogen-bond donors (Lipinski definition) is 1. The second-order valence-electron chi connectivity index (χ2n) is 8.96. The fourth-order valence-corrected chi connectivity index (χ4v) is 4.77. The maximum Gasteiger partial charge on any atom is 0.175 e. The van der Waals surface area contributed by atoms with Crippen molar-refractivity contribution in [2.24, 2.45) is 5.92 Å². The van der Waals surface area contributed by atoms with Crippen LogP contribution in [0.15, 0.2) is 53.4 Å². The fraction of sp³-hybridized carbons (Fsp3) is 0.520. The molecule has 0 amide bonds. The molecule has 0 atom stereocenters. The van der Waals surface area contributed by atoms with E-state index in [1.165, 1.54) is 35.9 Å². The molecular formula is C25H36N2O2S. The molecule has 0 radical (unpaired) electrons. The molecule has 0 aliphatic carbocycles. The summed E-state index contributed by atoms with van der Waals surface area (Å²) in [5, 5.41) is 3.54. The van der Waals surface area contributed by atoms with Gasteiger partial charge in [-0.1, -0.05) is 38.1 Å². The lowest BCUT2D eigenvalue weighted by molar-refractivity contribution is 0.183. The van der Waals surface area contributed by atoms with Crippen molar-refractivity contribution < 1.29 is 8.42 Å². The first-order chi connectivity index (χ1) is 14.3. The lowest BCUT2D eigenvalue weighted by Crippen LogP contribution is -2.35. The normalized spacial score (nSPS) is 16.1. The highest BCUT2D eigenvalue weighted by Gasteiger charge is 2.19. The number of benzene rings is 2. The van der Waals surface area contributed by atoms with Gasteiger partial charge < -0.3 is 10.2 Å². The van der Waals surface area contributed by atoms with Crippen LogP contribution in [0, 0.1) is 5.92 Å². The maximum atomic E-state index is 11.6. The van der Waals surface area contributed by atoms with E-state index in [0.717, 1.165) is 39.0 Å². The smallest absolute Gasteiger partial charge is 0.175 e. The molecule has 2 aromatic carbocycles. The van der Waals surface area contributed by atoms with Crippen molar-refractivity contribution in [1.82, 2.24) is 4.90 Å². The Kier molecular flexibility index (Phi) is 7.95. The molecule has 1 saturated heterocycles. The molecule has 3 rings (SSSR count). The van der Waals surface area contributed by atoms with Gasteiger partial charge in [-0.05, 0) is 92.5 Å². The van der Waals surface area contributed by atoms with Gasteiger partial charge in [-0.15, -0.1) is 0 Å². The Morgan fingerprint density at radius 2 is 1.63 bits per heavy atom. The molecule has 0 bridgehead atoms. The molecule has 1 aliphatic rings. The molecule has 1 heterocycles. The van der Waals surface area contributed by atoms with Gasteiger partial charge in [0.05, 0.1) is 4.90 Å². The number of likely N-dealkylation sites (tertiary alicyclic amines) is 1. The molecule has 1 aliphatic heterocycles. The Morgan fingerprint density at radius 1 is 1.00 bits per heavy atom. The first kappa shape index (κ1) is 22.8. The second kappa shape index (κ2) is 10.5. The zero-order valence-corrected chi connectivity index (χ0v) is 19.4. The van der Waals surface area contributed by atoms with Crippen LogP contribution in [0.25, 0.3) is 0 Å². The standard InChI is InChI=1S/C25H36N2O2S/c1-20(2)23-7-9-24(10-8-23)26-15-4-16-27-17-13-22(14-18-27)19-21-5-11-25(12-6-21)30(3,28)29/h5-12,20,22,26H,4,13-19H2,1-3H3. The highest BCUT2D eigenvalue weighted by atomic mass is 32.2. The van der Waals surface area contributed by atoms with E-state index in [-0.39, 0.29) is 0 Å². The largest absolute Gasteiger partial charge is 0.385 e. The SMILES string of the molecule is CC(C)c1ccc(NCCCN2CCC(Cc3ccc(S(C)(=O)=O)cc3)CC2)cc1. The van der Waals surface area contributed by atoms with E-state index in [1.807, 2.05) is 12.1 Å². The summed E-state index contributed by atoms with van der Waals surface area (Å²) in [6.45, 7) is 8.92. The van der Waals surface area contributed by atoms with Crippen LogP contribution in [0.2, 0.25) is 0 Å². The highest BCUT2D eigenvalue weighted by Crippen LogP contribution is 2.23. The third kappa shape index (κ3) is 6.85. The Hall–Kier alpha value is -1.85. The lowest BCUT2D eigenvalue weighted by Gasteiger charge is -2.32. The molecule has 0 spiro atoms. The Morgan fingerprint density at radius 3 is 2.20 bits per heavy atom. The number of nitrogens with one attached hydrogen (secondary N) is 1. The van der Waals surface area contributed by atoms with Crippen LogP contribution in [0.4, 0.5) is 5.69 Å². The maximum absolute atomic E-state index is 11.6. The second-order valence-corrected chi connectivity index (χ2v) is 11.0. The van der Waals surface area contributed by atoms with Crippen LogP contribution < -0.4 is 5.32 Å². The lowest BCUT2D eigenvalue weighted by atomic mass is 9.90. The minimum atomic E-state index is -3.11. The molecule has 30 heavy (non-hydrogen) atoms. The van der Waals surface area contributed by atoms with Gasteiger partial charge in [-0.2, -0.15) is 0 Å². The zero-order chi connectivity index (χ0) is 21.6. The van der Waals surface area contributed by atoms with Crippen LogP contribution in [-0.2, 0) is 16.3 Å². The van der Waals surface area contributed by atoms with Crippen molar-refractivity contribution in [3.05, 3.63) is 59.7 Å². The average Bonchev–Trinajstić information content (AvgIpc) is 2.72. The van der Waals surface area contributed by atoms with E-state index in [2.05, 4.69) is 48.3 Å². The molecule has 0 aromatic heterocycles. The Bertz CT molecular complexity index is 882. The number of rotatable bonds is 9. The predicted octanol–water partition coefficient (Wildman–Crippen LogP) is 4.97. The zero-order valence-electron chi connectivity index (χ0n) is 18.6.